The van der Waals surface area contributed by atoms with Crippen LogP contribution in [0.25, 0.3) is 0 Å². The van der Waals surface area contributed by atoms with Crippen LogP contribution < -0.4 is 10.0 Å². The normalized spacial score (nSPS) is 16.7. The number of piperidine rings is 1. The summed E-state index contributed by atoms with van der Waals surface area (Å²) in [6.07, 6.45) is 3.79. The van der Waals surface area contributed by atoms with Crippen LogP contribution in [0.3, 0.4) is 0 Å². The second kappa shape index (κ2) is 13.0. The lowest BCUT2D eigenvalue weighted by molar-refractivity contribution is -0.143. The molecule has 2 atom stereocenters. The molecule has 1 aliphatic heterocycles. The van der Waals surface area contributed by atoms with E-state index in [9.17, 15) is 27.9 Å². The van der Waals surface area contributed by atoms with Gasteiger partial charge < -0.3 is 15.3 Å². The number of likely N-dealkylation sites (tertiary alicyclic amines) is 1. The SMILES string of the molecule is CCCCCC(NC(=O)C1CCN(C(=O)[C@@H](NS(=O)(=O)c2ccc(C)cc2)C(C)C)CC1)C(=O)O. The molecule has 1 aromatic carbocycles. The topological polar surface area (TPSA) is 133 Å². The number of amides is 2. The first-order valence-corrected chi connectivity index (χ1v) is 13.9. The van der Waals surface area contributed by atoms with Crippen LogP contribution in [0.1, 0.15) is 64.9 Å². The molecule has 3 N–H and O–H groups in total. The fraction of sp³-hybridized carbons (Fsp3) is 0.640. The number of aryl methyl sites for hydroxylation is 1. The molecule has 1 saturated heterocycles. The van der Waals surface area contributed by atoms with E-state index < -0.39 is 28.1 Å². The fourth-order valence-corrected chi connectivity index (χ4v) is 5.47. The summed E-state index contributed by atoms with van der Waals surface area (Å²) in [5.41, 5.74) is 0.933. The van der Waals surface area contributed by atoms with Crippen LogP contribution in [-0.2, 0) is 24.4 Å². The van der Waals surface area contributed by atoms with E-state index in [1.807, 2.05) is 13.8 Å². The maximum atomic E-state index is 13.2. The third-order valence-electron chi connectivity index (χ3n) is 6.43. The Morgan fingerprint density at radius 1 is 1.09 bits per heavy atom. The molecule has 1 unspecified atom stereocenters. The van der Waals surface area contributed by atoms with Crippen LogP contribution in [0.5, 0.6) is 0 Å². The van der Waals surface area contributed by atoms with Gasteiger partial charge in [-0.2, -0.15) is 4.72 Å². The molecule has 35 heavy (non-hydrogen) atoms. The van der Waals surface area contributed by atoms with Crippen LogP contribution in [0.2, 0.25) is 0 Å². The lowest BCUT2D eigenvalue weighted by atomic mass is 9.94. The predicted molar refractivity (Wildman–Crippen MR) is 133 cm³/mol. The molecule has 1 aliphatic rings. The van der Waals surface area contributed by atoms with Gasteiger partial charge in [-0.1, -0.05) is 57.7 Å². The second-order valence-electron chi connectivity index (χ2n) is 9.65. The molecule has 2 rings (SSSR count). The van der Waals surface area contributed by atoms with E-state index in [0.29, 0.717) is 32.4 Å². The van der Waals surface area contributed by atoms with Gasteiger partial charge in [0.1, 0.15) is 12.1 Å². The van der Waals surface area contributed by atoms with E-state index in [0.717, 1.165) is 24.8 Å². The minimum atomic E-state index is -3.88. The van der Waals surface area contributed by atoms with Crippen molar-refractivity contribution < 1.29 is 27.9 Å². The Kier molecular flexibility index (Phi) is 10.7. The maximum absolute atomic E-state index is 13.2. The Morgan fingerprint density at radius 3 is 2.20 bits per heavy atom. The second-order valence-corrected chi connectivity index (χ2v) is 11.4. The largest absolute Gasteiger partial charge is 0.480 e. The number of unbranched alkanes of at least 4 members (excludes halogenated alkanes) is 2. The number of rotatable bonds is 12. The summed E-state index contributed by atoms with van der Waals surface area (Å²) in [6.45, 7) is 8.07. The third-order valence-corrected chi connectivity index (χ3v) is 7.89. The average Bonchev–Trinajstić information content (AvgIpc) is 2.81. The highest BCUT2D eigenvalue weighted by Crippen LogP contribution is 2.21. The number of carbonyl (C=O) groups is 3. The smallest absolute Gasteiger partial charge is 0.326 e. The molecular formula is C25H39N3O6S. The molecule has 2 amide bonds. The van der Waals surface area contributed by atoms with Gasteiger partial charge in [0.25, 0.3) is 0 Å². The summed E-state index contributed by atoms with van der Waals surface area (Å²) in [5.74, 6) is -2.32. The number of carbonyl (C=O) groups excluding carboxylic acids is 2. The van der Waals surface area contributed by atoms with Crippen LogP contribution in [-0.4, -0.2) is 61.4 Å². The molecule has 0 bridgehead atoms. The van der Waals surface area contributed by atoms with Gasteiger partial charge in [0.05, 0.1) is 4.90 Å². The standard InChI is InChI=1S/C25H39N3O6S/c1-5-6-7-8-21(25(31)32)26-23(29)19-13-15-28(16-14-19)24(30)22(17(2)3)27-35(33,34)20-11-9-18(4)10-12-20/h9-12,17,19,21-22,27H,5-8,13-16H2,1-4H3,(H,26,29)(H,31,32)/t21?,22-/m0/s1. The van der Waals surface area contributed by atoms with Gasteiger partial charge in [-0.15, -0.1) is 0 Å². The molecule has 0 spiro atoms. The molecular weight excluding hydrogens is 470 g/mol. The number of carboxylic acids is 1. The number of carboxylic acid groups (broad SMARTS) is 1. The molecule has 196 valence electrons. The quantitative estimate of drug-likeness (QED) is 0.371. The third kappa shape index (κ3) is 8.31. The van der Waals surface area contributed by atoms with Gasteiger partial charge in [-0.25, -0.2) is 13.2 Å². The molecule has 0 aliphatic carbocycles. The fourth-order valence-electron chi connectivity index (χ4n) is 4.13. The summed E-state index contributed by atoms with van der Waals surface area (Å²) >= 11 is 0. The van der Waals surface area contributed by atoms with Crippen molar-refractivity contribution in [2.45, 2.75) is 83.2 Å². The Hall–Kier alpha value is -2.46. The first-order valence-electron chi connectivity index (χ1n) is 12.4. The molecule has 1 heterocycles. The van der Waals surface area contributed by atoms with Gasteiger partial charge in [-0.3, -0.25) is 9.59 Å². The molecule has 10 heteroatoms. The summed E-state index contributed by atoms with van der Waals surface area (Å²) < 4.78 is 28.3. The number of aliphatic carboxylic acids is 1. The van der Waals surface area contributed by atoms with Crippen molar-refractivity contribution >= 4 is 27.8 Å². The van der Waals surface area contributed by atoms with Crippen molar-refractivity contribution in [1.29, 1.82) is 0 Å². The molecule has 0 aromatic heterocycles. The first-order chi connectivity index (χ1) is 16.5. The molecule has 1 fully saturated rings. The summed E-state index contributed by atoms with van der Waals surface area (Å²) in [5, 5.41) is 12.1. The zero-order valence-electron chi connectivity index (χ0n) is 21.1. The van der Waals surface area contributed by atoms with E-state index in [1.54, 1.807) is 30.9 Å². The number of benzene rings is 1. The number of nitrogens with zero attached hydrogens (tertiary/aromatic N) is 1. The van der Waals surface area contributed by atoms with Crippen LogP contribution in [0.4, 0.5) is 0 Å². The van der Waals surface area contributed by atoms with Crippen molar-refractivity contribution in [2.24, 2.45) is 11.8 Å². The Bertz CT molecular complexity index is 969. The summed E-state index contributed by atoms with van der Waals surface area (Å²) in [7, 11) is -3.88. The number of hydrogen-bond acceptors (Lipinski definition) is 5. The van der Waals surface area contributed by atoms with Gasteiger partial charge in [0.2, 0.25) is 21.8 Å². The van der Waals surface area contributed by atoms with Crippen LogP contribution in [0.15, 0.2) is 29.2 Å². The van der Waals surface area contributed by atoms with Crippen molar-refractivity contribution in [2.75, 3.05) is 13.1 Å². The number of nitrogens with one attached hydrogen (secondary N) is 2. The van der Waals surface area contributed by atoms with Gasteiger partial charge in [0, 0.05) is 19.0 Å². The van der Waals surface area contributed by atoms with Gasteiger partial charge in [-0.05, 0) is 44.2 Å². The lowest BCUT2D eigenvalue weighted by Crippen LogP contribution is -2.54. The Morgan fingerprint density at radius 2 is 1.69 bits per heavy atom. The van der Waals surface area contributed by atoms with Crippen molar-refractivity contribution in [3.8, 4) is 0 Å². The van der Waals surface area contributed by atoms with Crippen molar-refractivity contribution in [3.05, 3.63) is 29.8 Å². The first kappa shape index (κ1) is 28.8. The molecule has 9 nitrogen and oxygen atoms in total. The van der Waals surface area contributed by atoms with Crippen LogP contribution in [0, 0.1) is 18.8 Å². The Balaban J connectivity index is 1.97. The van der Waals surface area contributed by atoms with E-state index in [2.05, 4.69) is 10.0 Å². The zero-order valence-corrected chi connectivity index (χ0v) is 21.9. The summed E-state index contributed by atoms with van der Waals surface area (Å²) in [6, 6.07) is 4.59. The average molecular weight is 510 g/mol. The minimum Gasteiger partial charge on any atom is -0.480 e. The van der Waals surface area contributed by atoms with Crippen LogP contribution >= 0.6 is 0 Å². The highest BCUT2D eigenvalue weighted by molar-refractivity contribution is 7.89. The van der Waals surface area contributed by atoms with E-state index in [-0.39, 0.29) is 28.5 Å². The number of sulfonamides is 1. The molecule has 0 radical (unpaired) electrons. The van der Waals surface area contributed by atoms with Gasteiger partial charge >= 0.3 is 5.97 Å². The monoisotopic (exact) mass is 509 g/mol. The lowest BCUT2D eigenvalue weighted by Gasteiger charge is -2.35. The van der Waals surface area contributed by atoms with E-state index in [1.165, 1.54) is 12.1 Å². The maximum Gasteiger partial charge on any atom is 0.326 e. The Labute approximate surface area is 208 Å². The summed E-state index contributed by atoms with van der Waals surface area (Å²) in [4.78, 5) is 39.1. The van der Waals surface area contributed by atoms with Gasteiger partial charge in [0.15, 0.2) is 0 Å². The van der Waals surface area contributed by atoms with E-state index >= 15 is 0 Å². The van der Waals surface area contributed by atoms with Crippen molar-refractivity contribution in [1.82, 2.24) is 14.9 Å². The highest BCUT2D eigenvalue weighted by Gasteiger charge is 2.35. The zero-order chi connectivity index (χ0) is 26.2. The molecule has 0 saturated carbocycles. The molecule has 1 aromatic rings. The van der Waals surface area contributed by atoms with Crippen molar-refractivity contribution in [3.63, 3.8) is 0 Å². The minimum absolute atomic E-state index is 0.101. The predicted octanol–water partition coefficient (Wildman–Crippen LogP) is 2.69. The van der Waals surface area contributed by atoms with E-state index in [4.69, 9.17) is 0 Å². The number of hydrogen-bond donors (Lipinski definition) is 3. The highest BCUT2D eigenvalue weighted by atomic mass is 32.2.